The SMILES string of the molecule is C[N-]c1cccc(OCC(C)C)c1.[CH3-].[Y]. The van der Waals surface area contributed by atoms with Crippen LogP contribution in [0.1, 0.15) is 13.8 Å². The number of benzene rings is 1. The van der Waals surface area contributed by atoms with E-state index in [-0.39, 0.29) is 40.1 Å². The van der Waals surface area contributed by atoms with Crippen LogP contribution in [0.3, 0.4) is 0 Å². The number of hydrogen-bond acceptors (Lipinski definition) is 1. The molecule has 2 nitrogen and oxygen atoms in total. The van der Waals surface area contributed by atoms with Crippen LogP contribution >= 0.6 is 0 Å². The molecule has 0 saturated carbocycles. The summed E-state index contributed by atoms with van der Waals surface area (Å²) in [5.41, 5.74) is 0.959. The zero-order valence-corrected chi connectivity index (χ0v) is 12.9. The van der Waals surface area contributed by atoms with Crippen LogP contribution in [0.25, 0.3) is 5.32 Å². The predicted molar refractivity (Wildman–Crippen MR) is 62.1 cm³/mol. The van der Waals surface area contributed by atoms with E-state index in [1.165, 1.54) is 0 Å². The summed E-state index contributed by atoms with van der Waals surface area (Å²) >= 11 is 0. The van der Waals surface area contributed by atoms with Gasteiger partial charge in [0.1, 0.15) is 5.75 Å². The summed E-state index contributed by atoms with van der Waals surface area (Å²) in [5.74, 6) is 1.46. The molecule has 15 heavy (non-hydrogen) atoms. The Hall–Kier alpha value is -0.0761. The van der Waals surface area contributed by atoms with Gasteiger partial charge in [-0.15, -0.1) is 12.7 Å². The summed E-state index contributed by atoms with van der Waals surface area (Å²) in [7, 11) is 1.78. The second-order valence-electron chi connectivity index (χ2n) is 3.43. The zero-order valence-electron chi connectivity index (χ0n) is 10.0. The molecule has 0 heterocycles. The Morgan fingerprint density at radius 2 is 2.00 bits per heavy atom. The maximum Gasteiger partial charge on any atom is 0.118 e. The van der Waals surface area contributed by atoms with E-state index in [2.05, 4.69) is 19.2 Å². The first-order valence-electron chi connectivity index (χ1n) is 4.55. The number of hydrogen-bond donors (Lipinski definition) is 0. The molecule has 0 fully saturated rings. The first-order chi connectivity index (χ1) is 6.22. The second-order valence-corrected chi connectivity index (χ2v) is 3.43. The Morgan fingerprint density at radius 1 is 1.33 bits per heavy atom. The number of rotatable bonds is 4. The van der Waals surface area contributed by atoms with Gasteiger partial charge in [0.05, 0.1) is 6.61 Å². The summed E-state index contributed by atoms with van der Waals surface area (Å²) in [6.07, 6.45) is 0. The van der Waals surface area contributed by atoms with Gasteiger partial charge < -0.3 is 17.5 Å². The van der Waals surface area contributed by atoms with Gasteiger partial charge in [-0.3, -0.25) is 0 Å². The smallest absolute Gasteiger partial charge is 0.118 e. The maximum atomic E-state index is 5.55. The summed E-state index contributed by atoms with van der Waals surface area (Å²) in [6, 6.07) is 7.82. The normalized spacial score (nSPS) is 8.80. The quantitative estimate of drug-likeness (QED) is 0.770. The Kier molecular flexibility index (Phi) is 10.6. The minimum absolute atomic E-state index is 0. The Balaban J connectivity index is 0. The van der Waals surface area contributed by atoms with Crippen molar-refractivity contribution in [2.24, 2.45) is 5.92 Å². The van der Waals surface area contributed by atoms with Crippen LogP contribution in [0.2, 0.25) is 0 Å². The number of nitrogens with zero attached hydrogens (tertiary/aromatic N) is 1. The van der Waals surface area contributed by atoms with E-state index < -0.39 is 0 Å². The fourth-order valence-corrected chi connectivity index (χ4v) is 0.975. The molecule has 1 aromatic carbocycles. The Labute approximate surface area is 119 Å². The minimum atomic E-state index is 0. The fourth-order valence-electron chi connectivity index (χ4n) is 0.975. The van der Waals surface area contributed by atoms with E-state index in [1.807, 2.05) is 24.3 Å². The molecule has 0 spiro atoms. The third-order valence-electron chi connectivity index (χ3n) is 1.66. The Morgan fingerprint density at radius 3 is 2.53 bits per heavy atom. The van der Waals surface area contributed by atoms with Crippen LogP contribution in [0.4, 0.5) is 5.69 Å². The maximum absolute atomic E-state index is 5.55. The van der Waals surface area contributed by atoms with E-state index in [0.717, 1.165) is 18.0 Å². The molecule has 1 aromatic rings. The van der Waals surface area contributed by atoms with Crippen LogP contribution < -0.4 is 4.74 Å². The minimum Gasteiger partial charge on any atom is -0.687 e. The molecule has 0 aliphatic heterocycles. The topological polar surface area (TPSA) is 23.3 Å². The van der Waals surface area contributed by atoms with Gasteiger partial charge in [-0.2, -0.15) is 0 Å². The van der Waals surface area contributed by atoms with Gasteiger partial charge in [0.15, 0.2) is 0 Å². The monoisotopic (exact) mass is 282 g/mol. The molecule has 0 unspecified atom stereocenters. The van der Waals surface area contributed by atoms with Gasteiger partial charge >= 0.3 is 0 Å². The van der Waals surface area contributed by atoms with Crippen LogP contribution in [0.15, 0.2) is 24.3 Å². The molecule has 0 bridgehead atoms. The molecule has 0 amide bonds. The van der Waals surface area contributed by atoms with Gasteiger partial charge in [-0.05, 0) is 18.1 Å². The molecular weight excluding hydrogens is 263 g/mol. The van der Waals surface area contributed by atoms with Gasteiger partial charge in [0.25, 0.3) is 0 Å². The van der Waals surface area contributed by atoms with E-state index in [0.29, 0.717) is 5.92 Å². The molecule has 0 aliphatic carbocycles. The van der Waals surface area contributed by atoms with E-state index >= 15 is 0 Å². The third-order valence-corrected chi connectivity index (χ3v) is 1.66. The molecule has 0 atom stereocenters. The molecule has 83 valence electrons. The van der Waals surface area contributed by atoms with E-state index in [4.69, 9.17) is 4.74 Å². The van der Waals surface area contributed by atoms with Crippen molar-refractivity contribution in [3.8, 4) is 5.75 Å². The average Bonchev–Trinajstić information content (AvgIpc) is 2.15. The first kappa shape index (κ1) is 17.3. The third kappa shape index (κ3) is 6.91. The largest absolute Gasteiger partial charge is 0.687 e. The molecule has 0 N–H and O–H groups in total. The standard InChI is InChI=1S/C11H16NO.CH3.Y/c1-9(2)8-13-11-6-4-5-10(7-11)12-3;;/h4-7,9H,8H2,1-3H3;1H3;/q2*-1;. The predicted octanol–water partition coefficient (Wildman–Crippen LogP) is 3.80. The van der Waals surface area contributed by atoms with Gasteiger partial charge in [0, 0.05) is 32.7 Å². The van der Waals surface area contributed by atoms with Crippen molar-refractivity contribution in [3.05, 3.63) is 37.0 Å². The fraction of sp³-hybridized carbons (Fsp3) is 0.417. The van der Waals surface area contributed by atoms with Gasteiger partial charge in [0.2, 0.25) is 0 Å². The van der Waals surface area contributed by atoms with Crippen molar-refractivity contribution in [2.45, 2.75) is 13.8 Å². The second kappa shape index (κ2) is 9.17. The van der Waals surface area contributed by atoms with Gasteiger partial charge in [-0.1, -0.05) is 26.0 Å². The van der Waals surface area contributed by atoms with Crippen LogP contribution in [-0.2, 0) is 32.7 Å². The van der Waals surface area contributed by atoms with Crippen LogP contribution in [-0.4, -0.2) is 13.7 Å². The molecule has 0 aliphatic rings. The molecule has 0 aromatic heterocycles. The molecule has 1 rings (SSSR count). The molecular formula is C12H19NOY-2. The van der Waals surface area contributed by atoms with Crippen molar-refractivity contribution in [1.82, 2.24) is 0 Å². The summed E-state index contributed by atoms with van der Waals surface area (Å²) < 4.78 is 5.55. The van der Waals surface area contributed by atoms with Crippen molar-refractivity contribution < 1.29 is 37.4 Å². The van der Waals surface area contributed by atoms with E-state index in [9.17, 15) is 0 Å². The average molecular weight is 282 g/mol. The molecule has 0 saturated heterocycles. The first-order valence-corrected chi connectivity index (χ1v) is 4.55. The van der Waals surface area contributed by atoms with Crippen molar-refractivity contribution in [2.75, 3.05) is 13.7 Å². The molecule has 3 heteroatoms. The van der Waals surface area contributed by atoms with E-state index in [1.54, 1.807) is 7.05 Å². The van der Waals surface area contributed by atoms with Gasteiger partial charge in [-0.25, -0.2) is 0 Å². The number of ether oxygens (including phenoxy) is 1. The van der Waals surface area contributed by atoms with Crippen LogP contribution in [0, 0.1) is 13.3 Å². The van der Waals surface area contributed by atoms with Crippen molar-refractivity contribution >= 4 is 5.69 Å². The summed E-state index contributed by atoms with van der Waals surface area (Å²) in [6.45, 7) is 5.02. The summed E-state index contributed by atoms with van der Waals surface area (Å²) in [5, 5.41) is 4.08. The van der Waals surface area contributed by atoms with Crippen LogP contribution in [0.5, 0.6) is 5.75 Å². The zero-order chi connectivity index (χ0) is 9.68. The Bertz CT molecular complexity index is 264. The van der Waals surface area contributed by atoms with Crippen molar-refractivity contribution in [3.63, 3.8) is 0 Å². The molecule has 1 radical (unpaired) electrons. The van der Waals surface area contributed by atoms with Crippen molar-refractivity contribution in [1.29, 1.82) is 0 Å². The summed E-state index contributed by atoms with van der Waals surface area (Å²) in [4.78, 5) is 0.